The van der Waals surface area contributed by atoms with Crippen molar-refractivity contribution in [3.63, 3.8) is 0 Å². The smallest absolute Gasteiger partial charge is 0.169 e. The minimum atomic E-state index is -0.0353. The van der Waals surface area contributed by atoms with Gasteiger partial charge in [-0.3, -0.25) is 4.79 Å². The van der Waals surface area contributed by atoms with Crippen LogP contribution in [0.15, 0.2) is 10.7 Å². The lowest BCUT2D eigenvalue weighted by Crippen LogP contribution is -1.87. The van der Waals surface area contributed by atoms with Crippen molar-refractivity contribution in [2.24, 2.45) is 0 Å². The highest BCUT2D eigenvalue weighted by atomic mass is 79.9. The van der Waals surface area contributed by atoms with Crippen LogP contribution in [0.25, 0.3) is 0 Å². The van der Waals surface area contributed by atoms with Crippen LogP contribution in [0.1, 0.15) is 6.92 Å². The summed E-state index contributed by atoms with van der Waals surface area (Å²) >= 11 is 2.99. The normalized spacial score (nSPS) is 11.1. The Morgan fingerprint density at radius 3 is 2.38 bits per heavy atom. The molecular formula is C5H7BrO2. The molecule has 0 N–H and O–H groups in total. The summed E-state index contributed by atoms with van der Waals surface area (Å²) in [4.78, 5) is 10.3. The Labute approximate surface area is 56.7 Å². The van der Waals surface area contributed by atoms with Gasteiger partial charge in [-0.05, 0) is 22.9 Å². The van der Waals surface area contributed by atoms with Crippen molar-refractivity contribution in [2.45, 2.75) is 6.92 Å². The molecule has 0 radical (unpaired) electrons. The summed E-state index contributed by atoms with van der Waals surface area (Å²) in [5.74, 6) is -0.0353. The minimum absolute atomic E-state index is 0.0353. The molecule has 0 aliphatic carbocycles. The monoisotopic (exact) mass is 178 g/mol. The number of Topliss-reactive ketones (excluding diaryl/α,β-unsaturated/α-hetero) is 1. The molecule has 2 nitrogen and oxygen atoms in total. The van der Waals surface area contributed by atoms with E-state index in [1.807, 2.05) is 0 Å². The summed E-state index contributed by atoms with van der Waals surface area (Å²) in [6.07, 6.45) is 1.35. The van der Waals surface area contributed by atoms with Gasteiger partial charge < -0.3 is 4.74 Å². The maximum Gasteiger partial charge on any atom is 0.169 e. The zero-order valence-electron chi connectivity index (χ0n) is 4.77. The Hall–Kier alpha value is -0.310. The minimum Gasteiger partial charge on any atom is -0.503 e. The third-order valence-electron chi connectivity index (χ3n) is 0.558. The molecule has 0 aliphatic rings. The van der Waals surface area contributed by atoms with Crippen molar-refractivity contribution >= 4 is 21.7 Å². The van der Waals surface area contributed by atoms with E-state index < -0.39 is 0 Å². The molecule has 0 bridgehead atoms. The fourth-order valence-corrected chi connectivity index (χ4v) is 0.373. The van der Waals surface area contributed by atoms with E-state index in [0.717, 1.165) is 0 Å². The van der Waals surface area contributed by atoms with Gasteiger partial charge >= 0.3 is 0 Å². The summed E-state index contributed by atoms with van der Waals surface area (Å²) in [7, 11) is 1.49. The van der Waals surface area contributed by atoms with Crippen LogP contribution < -0.4 is 0 Å². The van der Waals surface area contributed by atoms with Crippen LogP contribution in [0.5, 0.6) is 0 Å². The van der Waals surface area contributed by atoms with Gasteiger partial charge in [0.2, 0.25) is 0 Å². The molecule has 0 aromatic rings. The maximum atomic E-state index is 10.3. The molecule has 0 fully saturated rings. The number of carbonyl (C=O) groups is 1. The van der Waals surface area contributed by atoms with E-state index in [2.05, 4.69) is 20.7 Å². The Balaban J connectivity index is 3.80. The first-order valence-corrected chi connectivity index (χ1v) is 2.87. The van der Waals surface area contributed by atoms with E-state index in [9.17, 15) is 4.79 Å². The van der Waals surface area contributed by atoms with Crippen molar-refractivity contribution in [3.8, 4) is 0 Å². The third-order valence-corrected chi connectivity index (χ3v) is 1.30. The number of methoxy groups -OCH3 is 1. The highest BCUT2D eigenvalue weighted by Gasteiger charge is 1.95. The van der Waals surface area contributed by atoms with Crippen molar-refractivity contribution in [2.75, 3.05) is 7.11 Å². The second-order valence-electron chi connectivity index (χ2n) is 1.26. The van der Waals surface area contributed by atoms with E-state index in [4.69, 9.17) is 0 Å². The molecule has 0 unspecified atom stereocenters. The first kappa shape index (κ1) is 7.69. The highest BCUT2D eigenvalue weighted by molar-refractivity contribution is 9.12. The average molecular weight is 179 g/mol. The zero-order chi connectivity index (χ0) is 6.57. The van der Waals surface area contributed by atoms with E-state index >= 15 is 0 Å². The molecule has 0 atom stereocenters. The molecule has 0 spiro atoms. The van der Waals surface area contributed by atoms with Crippen LogP contribution in [0, 0.1) is 0 Å². The van der Waals surface area contributed by atoms with E-state index in [0.29, 0.717) is 4.48 Å². The van der Waals surface area contributed by atoms with Gasteiger partial charge in [-0.1, -0.05) is 0 Å². The fraction of sp³-hybridized carbons (Fsp3) is 0.400. The average Bonchev–Trinajstić information content (AvgIpc) is 1.67. The number of halogens is 1. The standard InChI is InChI=1S/C5H7BrO2/c1-4(7)5(6)3-8-2/h3H,1-2H3/b5-3-. The molecule has 0 aromatic carbocycles. The highest BCUT2D eigenvalue weighted by Crippen LogP contribution is 2.04. The molecule has 0 heterocycles. The maximum absolute atomic E-state index is 10.3. The van der Waals surface area contributed by atoms with Gasteiger partial charge in [0, 0.05) is 0 Å². The van der Waals surface area contributed by atoms with Gasteiger partial charge in [-0.25, -0.2) is 0 Å². The number of ketones is 1. The summed E-state index contributed by atoms with van der Waals surface area (Å²) in [6.45, 7) is 1.46. The van der Waals surface area contributed by atoms with Gasteiger partial charge in [-0.2, -0.15) is 0 Å². The predicted molar refractivity (Wildman–Crippen MR) is 34.7 cm³/mol. The first-order chi connectivity index (χ1) is 3.68. The van der Waals surface area contributed by atoms with Gasteiger partial charge in [0.25, 0.3) is 0 Å². The van der Waals surface area contributed by atoms with Crippen LogP contribution in [-0.4, -0.2) is 12.9 Å². The third kappa shape index (κ3) is 2.80. The molecule has 0 rings (SSSR count). The van der Waals surface area contributed by atoms with Gasteiger partial charge in [0.05, 0.1) is 11.6 Å². The van der Waals surface area contributed by atoms with Crippen LogP contribution >= 0.6 is 15.9 Å². The van der Waals surface area contributed by atoms with Crippen molar-refractivity contribution < 1.29 is 9.53 Å². The van der Waals surface area contributed by atoms with Gasteiger partial charge in [0.15, 0.2) is 5.78 Å². The second-order valence-corrected chi connectivity index (χ2v) is 2.11. The Morgan fingerprint density at radius 1 is 1.75 bits per heavy atom. The Bertz CT molecular complexity index is 118. The predicted octanol–water partition coefficient (Wildman–Crippen LogP) is 1.46. The summed E-state index contributed by atoms with van der Waals surface area (Å²) in [5, 5.41) is 0. The van der Waals surface area contributed by atoms with Gasteiger partial charge in [-0.15, -0.1) is 0 Å². The number of hydrogen-bond acceptors (Lipinski definition) is 2. The van der Waals surface area contributed by atoms with Crippen molar-refractivity contribution in [1.29, 1.82) is 0 Å². The fourth-order valence-electron chi connectivity index (χ4n) is 0.186. The Morgan fingerprint density at radius 2 is 2.25 bits per heavy atom. The van der Waals surface area contributed by atoms with E-state index in [-0.39, 0.29) is 5.78 Å². The molecule has 3 heteroatoms. The summed E-state index contributed by atoms with van der Waals surface area (Å²) in [5.41, 5.74) is 0. The first-order valence-electron chi connectivity index (χ1n) is 2.08. The molecule has 8 heavy (non-hydrogen) atoms. The van der Waals surface area contributed by atoms with Crippen molar-refractivity contribution in [3.05, 3.63) is 10.7 Å². The quantitative estimate of drug-likeness (QED) is 0.473. The molecule has 0 aromatic heterocycles. The Kier molecular flexibility index (Phi) is 3.52. The zero-order valence-corrected chi connectivity index (χ0v) is 6.36. The lowest BCUT2D eigenvalue weighted by atomic mass is 10.4. The SMILES string of the molecule is CO/C=C(\Br)C(C)=O. The number of hydrogen-bond donors (Lipinski definition) is 0. The lowest BCUT2D eigenvalue weighted by molar-refractivity contribution is -0.113. The molecule has 0 saturated carbocycles. The molecule has 0 amide bonds. The van der Waals surface area contributed by atoms with E-state index in [1.165, 1.54) is 20.3 Å². The van der Waals surface area contributed by atoms with Gasteiger partial charge in [0.1, 0.15) is 6.26 Å². The largest absolute Gasteiger partial charge is 0.503 e. The van der Waals surface area contributed by atoms with Crippen LogP contribution in [0.3, 0.4) is 0 Å². The topological polar surface area (TPSA) is 26.3 Å². The van der Waals surface area contributed by atoms with Crippen molar-refractivity contribution in [1.82, 2.24) is 0 Å². The summed E-state index contributed by atoms with van der Waals surface area (Å²) in [6, 6.07) is 0. The second kappa shape index (κ2) is 3.66. The number of allylic oxidation sites excluding steroid dienone is 1. The molecular weight excluding hydrogens is 172 g/mol. The number of rotatable bonds is 2. The van der Waals surface area contributed by atoms with Crippen LogP contribution in [0.2, 0.25) is 0 Å². The molecule has 0 saturated heterocycles. The molecule has 0 aliphatic heterocycles. The molecule has 46 valence electrons. The summed E-state index contributed by atoms with van der Waals surface area (Å²) < 4.78 is 4.99. The van der Waals surface area contributed by atoms with E-state index in [1.54, 1.807) is 0 Å². The van der Waals surface area contributed by atoms with Crippen LogP contribution in [0.4, 0.5) is 0 Å². The van der Waals surface area contributed by atoms with Crippen LogP contribution in [-0.2, 0) is 9.53 Å². The number of carbonyl (C=O) groups excluding carboxylic acids is 1. The lowest BCUT2D eigenvalue weighted by Gasteiger charge is -1.88. The number of ether oxygens (including phenoxy) is 1.